The number of nitriles is 2. The van der Waals surface area contributed by atoms with Gasteiger partial charge in [0.2, 0.25) is 0 Å². The number of aliphatic hydroxyl groups excluding tert-OH is 2. The topological polar surface area (TPSA) is 113 Å². The standard InChI is InChI=1S/C12H20N4O2/c1-9(7-13)3-5-11(17)15-16-12(18)6-4-10(2)8-14/h9-12,17-18H,3-6H2,1-2H3/t9-,10-,11-,12+/m0/s1. The lowest BCUT2D eigenvalue weighted by Gasteiger charge is -2.08. The van der Waals surface area contributed by atoms with Gasteiger partial charge in [0.25, 0.3) is 0 Å². The molecule has 6 nitrogen and oxygen atoms in total. The third-order valence-corrected chi connectivity index (χ3v) is 2.49. The maximum atomic E-state index is 9.43. The Kier molecular flexibility index (Phi) is 8.73. The Balaban J connectivity index is 3.85. The van der Waals surface area contributed by atoms with Crippen LogP contribution in [0.1, 0.15) is 39.5 Å². The summed E-state index contributed by atoms with van der Waals surface area (Å²) in [5, 5.41) is 43.1. The molecule has 0 unspecified atom stereocenters. The fourth-order valence-corrected chi connectivity index (χ4v) is 1.20. The minimum absolute atomic E-state index is 0.128. The molecular formula is C12H20N4O2. The first-order valence-corrected chi connectivity index (χ1v) is 6.05. The molecule has 0 aliphatic rings. The molecule has 0 aromatic carbocycles. The molecule has 0 rings (SSSR count). The van der Waals surface area contributed by atoms with Crippen LogP contribution in [0.25, 0.3) is 0 Å². The molecular weight excluding hydrogens is 232 g/mol. The lowest BCUT2D eigenvalue weighted by atomic mass is 10.1. The summed E-state index contributed by atoms with van der Waals surface area (Å²) in [5.41, 5.74) is 0. The minimum Gasteiger partial charge on any atom is -0.370 e. The largest absolute Gasteiger partial charge is 0.370 e. The van der Waals surface area contributed by atoms with Gasteiger partial charge in [-0.1, -0.05) is 0 Å². The molecule has 0 aliphatic carbocycles. The average molecular weight is 252 g/mol. The molecule has 0 radical (unpaired) electrons. The lowest BCUT2D eigenvalue weighted by Crippen LogP contribution is -2.08. The first kappa shape index (κ1) is 16.5. The van der Waals surface area contributed by atoms with E-state index in [1.54, 1.807) is 13.8 Å². The van der Waals surface area contributed by atoms with E-state index < -0.39 is 12.5 Å². The average Bonchev–Trinajstić information content (AvgIpc) is 2.39. The fraction of sp³-hybridized carbons (Fsp3) is 0.833. The third-order valence-electron chi connectivity index (χ3n) is 2.49. The van der Waals surface area contributed by atoms with Crippen LogP contribution >= 0.6 is 0 Å². The van der Waals surface area contributed by atoms with Crippen molar-refractivity contribution in [3.63, 3.8) is 0 Å². The van der Waals surface area contributed by atoms with E-state index >= 15 is 0 Å². The molecule has 100 valence electrons. The van der Waals surface area contributed by atoms with Crippen LogP contribution in [-0.2, 0) is 0 Å². The van der Waals surface area contributed by atoms with Crippen molar-refractivity contribution in [3.05, 3.63) is 0 Å². The van der Waals surface area contributed by atoms with Gasteiger partial charge in [0.1, 0.15) is 0 Å². The van der Waals surface area contributed by atoms with Gasteiger partial charge >= 0.3 is 0 Å². The number of rotatable bonds is 8. The zero-order valence-electron chi connectivity index (χ0n) is 10.8. The van der Waals surface area contributed by atoms with Crippen molar-refractivity contribution in [2.75, 3.05) is 0 Å². The second kappa shape index (κ2) is 9.52. The number of hydrogen-bond acceptors (Lipinski definition) is 6. The van der Waals surface area contributed by atoms with Crippen LogP contribution in [0.15, 0.2) is 10.2 Å². The van der Waals surface area contributed by atoms with Crippen LogP contribution < -0.4 is 0 Å². The maximum Gasteiger partial charge on any atom is 0.165 e. The van der Waals surface area contributed by atoms with Crippen molar-refractivity contribution >= 4 is 0 Å². The molecule has 0 spiro atoms. The maximum absolute atomic E-state index is 9.43. The molecule has 0 amide bonds. The summed E-state index contributed by atoms with van der Waals surface area (Å²) in [6.07, 6.45) is -0.192. The van der Waals surface area contributed by atoms with E-state index in [2.05, 4.69) is 22.4 Å². The molecule has 0 saturated carbocycles. The fourth-order valence-electron chi connectivity index (χ4n) is 1.20. The van der Waals surface area contributed by atoms with E-state index in [9.17, 15) is 10.2 Å². The molecule has 0 fully saturated rings. The van der Waals surface area contributed by atoms with Gasteiger partial charge in [-0.15, -0.1) is 0 Å². The Labute approximate surface area is 108 Å². The van der Waals surface area contributed by atoms with Crippen LogP contribution in [0.3, 0.4) is 0 Å². The molecule has 0 aliphatic heterocycles. The minimum atomic E-state index is -0.983. The number of hydrogen-bond donors (Lipinski definition) is 2. The predicted octanol–water partition coefficient (Wildman–Crippen LogP) is 1.96. The summed E-state index contributed by atoms with van der Waals surface area (Å²) >= 11 is 0. The van der Waals surface area contributed by atoms with E-state index in [-0.39, 0.29) is 11.8 Å². The number of nitrogens with zero attached hydrogens (tertiary/aromatic N) is 4. The van der Waals surface area contributed by atoms with Crippen LogP contribution in [-0.4, -0.2) is 22.7 Å². The van der Waals surface area contributed by atoms with Gasteiger partial charge < -0.3 is 10.2 Å². The highest BCUT2D eigenvalue weighted by Gasteiger charge is 2.08. The van der Waals surface area contributed by atoms with Crippen LogP contribution in [0.2, 0.25) is 0 Å². The molecule has 4 atom stereocenters. The zero-order valence-corrected chi connectivity index (χ0v) is 10.8. The Bertz CT molecular complexity index is 300. The van der Waals surface area contributed by atoms with Gasteiger partial charge in [0.15, 0.2) is 12.5 Å². The predicted molar refractivity (Wildman–Crippen MR) is 64.9 cm³/mol. The Morgan fingerprint density at radius 1 is 0.833 bits per heavy atom. The lowest BCUT2D eigenvalue weighted by molar-refractivity contribution is 0.124. The van der Waals surface area contributed by atoms with Gasteiger partial charge in [-0.2, -0.15) is 20.8 Å². The Hall–Kier alpha value is -1.50. The molecule has 0 heterocycles. The van der Waals surface area contributed by atoms with Crippen LogP contribution in [0, 0.1) is 34.5 Å². The molecule has 0 saturated heterocycles. The van der Waals surface area contributed by atoms with Crippen LogP contribution in [0.5, 0.6) is 0 Å². The highest BCUT2D eigenvalue weighted by Crippen LogP contribution is 2.10. The van der Waals surface area contributed by atoms with Gasteiger partial charge in [-0.3, -0.25) is 0 Å². The van der Waals surface area contributed by atoms with E-state index in [0.717, 1.165) is 0 Å². The van der Waals surface area contributed by atoms with Crippen molar-refractivity contribution < 1.29 is 10.2 Å². The van der Waals surface area contributed by atoms with Gasteiger partial charge in [-0.05, 0) is 39.5 Å². The van der Waals surface area contributed by atoms with E-state index in [0.29, 0.717) is 25.7 Å². The SMILES string of the molecule is C[C@H](C#N)CC[C@@H](O)N=N[C@@H](O)CC[C@H](C)C#N. The molecule has 18 heavy (non-hydrogen) atoms. The normalized spacial score (nSPS) is 17.7. The monoisotopic (exact) mass is 252 g/mol. The smallest absolute Gasteiger partial charge is 0.165 e. The summed E-state index contributed by atoms with van der Waals surface area (Å²) in [4.78, 5) is 0. The third kappa shape index (κ3) is 8.63. The molecule has 2 N–H and O–H groups in total. The van der Waals surface area contributed by atoms with Crippen molar-refractivity contribution in [1.82, 2.24) is 0 Å². The van der Waals surface area contributed by atoms with Crippen molar-refractivity contribution in [1.29, 1.82) is 10.5 Å². The molecule has 0 aromatic rings. The quantitative estimate of drug-likeness (QED) is 0.643. The van der Waals surface area contributed by atoms with Crippen LogP contribution in [0.4, 0.5) is 0 Å². The van der Waals surface area contributed by atoms with Crippen molar-refractivity contribution in [2.45, 2.75) is 52.0 Å². The summed E-state index contributed by atoms with van der Waals surface area (Å²) in [6.45, 7) is 3.53. The van der Waals surface area contributed by atoms with E-state index in [4.69, 9.17) is 10.5 Å². The second-order valence-electron chi connectivity index (χ2n) is 4.41. The summed E-state index contributed by atoms with van der Waals surface area (Å²) in [6, 6.07) is 4.12. The highest BCUT2D eigenvalue weighted by molar-refractivity contribution is 4.79. The van der Waals surface area contributed by atoms with Gasteiger partial charge in [0.05, 0.1) is 12.1 Å². The van der Waals surface area contributed by atoms with E-state index in [1.165, 1.54) is 0 Å². The summed E-state index contributed by atoms with van der Waals surface area (Å²) < 4.78 is 0. The summed E-state index contributed by atoms with van der Waals surface area (Å²) in [5.74, 6) is -0.257. The highest BCUT2D eigenvalue weighted by atomic mass is 16.3. The van der Waals surface area contributed by atoms with Crippen molar-refractivity contribution in [3.8, 4) is 12.1 Å². The molecule has 6 heteroatoms. The summed E-state index contributed by atoms with van der Waals surface area (Å²) in [7, 11) is 0. The van der Waals surface area contributed by atoms with Crippen molar-refractivity contribution in [2.24, 2.45) is 22.1 Å². The molecule has 0 bridgehead atoms. The van der Waals surface area contributed by atoms with Gasteiger partial charge in [-0.25, -0.2) is 0 Å². The Morgan fingerprint density at radius 3 is 1.44 bits per heavy atom. The Morgan fingerprint density at radius 2 is 1.17 bits per heavy atom. The van der Waals surface area contributed by atoms with E-state index in [1.807, 2.05) is 0 Å². The molecule has 0 aromatic heterocycles. The van der Waals surface area contributed by atoms with Gasteiger partial charge in [0, 0.05) is 11.8 Å². The first-order chi connectivity index (χ1) is 8.49. The number of azo groups is 1. The second-order valence-corrected chi connectivity index (χ2v) is 4.41. The number of aliphatic hydroxyl groups is 2. The first-order valence-electron chi connectivity index (χ1n) is 6.05. The zero-order chi connectivity index (χ0) is 14.0.